The smallest absolute Gasteiger partial charge is 0.0384 e. The fourth-order valence-corrected chi connectivity index (χ4v) is 5.34. The molecule has 49 heavy (non-hydrogen) atoms. The van der Waals surface area contributed by atoms with Gasteiger partial charge in [-0.1, -0.05) is 175 Å². The summed E-state index contributed by atoms with van der Waals surface area (Å²) in [6, 6.07) is 58.5. The van der Waals surface area contributed by atoms with E-state index in [1.54, 1.807) is 0 Å². The lowest BCUT2D eigenvalue weighted by molar-refractivity contribution is 1.46. The molecular weight excluding hydrogens is 593 g/mol. The van der Waals surface area contributed by atoms with Crippen molar-refractivity contribution in [2.24, 2.45) is 0 Å². The summed E-state index contributed by atoms with van der Waals surface area (Å²) < 4.78 is 0. The minimum absolute atomic E-state index is 0.794. The van der Waals surface area contributed by atoms with E-state index in [-0.39, 0.29) is 0 Å². The summed E-state index contributed by atoms with van der Waals surface area (Å²) in [4.78, 5) is 0. The molecule has 2 heteroatoms. The van der Waals surface area contributed by atoms with E-state index >= 15 is 0 Å². The maximum Gasteiger partial charge on any atom is 0.0384 e. The maximum atomic E-state index is 5.68. The van der Waals surface area contributed by atoms with E-state index in [0.29, 0.717) is 0 Å². The van der Waals surface area contributed by atoms with Gasteiger partial charge < -0.3 is 11.1 Å². The van der Waals surface area contributed by atoms with Crippen LogP contribution >= 0.6 is 0 Å². The largest absolute Gasteiger partial charge is 0.399 e. The van der Waals surface area contributed by atoms with Crippen LogP contribution in [0.5, 0.6) is 0 Å². The lowest BCUT2D eigenvalue weighted by Gasteiger charge is -2.07. The molecule has 0 amide bonds. The third-order valence-electron chi connectivity index (χ3n) is 8.14. The van der Waals surface area contributed by atoms with Crippen molar-refractivity contribution in [3.8, 4) is 0 Å². The summed E-state index contributed by atoms with van der Waals surface area (Å²) in [5.74, 6) is 0. The van der Waals surface area contributed by atoms with Gasteiger partial charge in [0.1, 0.15) is 0 Å². The van der Waals surface area contributed by atoms with Crippen molar-refractivity contribution in [1.29, 1.82) is 0 Å². The standard InChI is InChI=1S/C29H25N.C18H15N/c1-23-7-9-25(10-8-23)13-14-27-17-21-29(22-18-27)30-28-19-15-26(16-20-28)12-11-24-5-3-2-4-6-24;19-17-12-9-14(10-13-17)8-11-16-6-3-5-15-4-1-2-7-18(15)16/h2-22,30H,1H3;1-13H,19H2/b12-11+,14-13+;11-8+. The van der Waals surface area contributed by atoms with Gasteiger partial charge in [-0.2, -0.15) is 0 Å². The van der Waals surface area contributed by atoms with Crippen molar-refractivity contribution >= 4 is 64.3 Å². The normalized spacial score (nSPS) is 11.2. The third-order valence-corrected chi connectivity index (χ3v) is 8.14. The van der Waals surface area contributed by atoms with E-state index in [0.717, 1.165) is 22.6 Å². The predicted octanol–water partition coefficient (Wildman–Crippen LogP) is 12.7. The number of benzene rings is 7. The number of aryl methyl sites for hydroxylation is 1. The molecule has 0 saturated carbocycles. The lowest BCUT2D eigenvalue weighted by atomic mass is 10.0. The van der Waals surface area contributed by atoms with Gasteiger partial charge in [-0.3, -0.25) is 0 Å². The first-order valence-corrected chi connectivity index (χ1v) is 16.5. The first-order chi connectivity index (χ1) is 24.1. The highest BCUT2D eigenvalue weighted by atomic mass is 14.9. The van der Waals surface area contributed by atoms with E-state index in [1.165, 1.54) is 44.2 Å². The van der Waals surface area contributed by atoms with Gasteiger partial charge in [-0.15, -0.1) is 0 Å². The molecule has 7 aromatic carbocycles. The van der Waals surface area contributed by atoms with E-state index in [1.807, 2.05) is 30.3 Å². The first-order valence-electron chi connectivity index (χ1n) is 16.5. The molecule has 0 heterocycles. The summed E-state index contributed by atoms with van der Waals surface area (Å²) in [7, 11) is 0. The average Bonchev–Trinajstić information content (AvgIpc) is 3.15. The van der Waals surface area contributed by atoms with Crippen molar-refractivity contribution in [1.82, 2.24) is 0 Å². The van der Waals surface area contributed by atoms with Crippen molar-refractivity contribution in [2.45, 2.75) is 6.92 Å². The Hall–Kier alpha value is -6.38. The van der Waals surface area contributed by atoms with Crippen LogP contribution in [0, 0.1) is 6.92 Å². The van der Waals surface area contributed by atoms with Crippen LogP contribution in [0.3, 0.4) is 0 Å². The third kappa shape index (κ3) is 9.81. The van der Waals surface area contributed by atoms with Crippen molar-refractivity contribution < 1.29 is 0 Å². The van der Waals surface area contributed by atoms with Gasteiger partial charge in [0.15, 0.2) is 0 Å². The van der Waals surface area contributed by atoms with Crippen LogP contribution < -0.4 is 11.1 Å². The van der Waals surface area contributed by atoms with Crippen molar-refractivity contribution in [3.05, 3.63) is 209 Å². The Morgan fingerprint density at radius 3 is 1.39 bits per heavy atom. The number of nitrogens with one attached hydrogen (secondary N) is 1. The maximum absolute atomic E-state index is 5.68. The number of nitrogens with two attached hydrogens (primary N) is 1. The molecule has 0 unspecified atom stereocenters. The monoisotopic (exact) mass is 632 g/mol. The van der Waals surface area contributed by atoms with Crippen LogP contribution in [-0.2, 0) is 0 Å². The highest BCUT2D eigenvalue weighted by molar-refractivity contribution is 5.92. The van der Waals surface area contributed by atoms with Gasteiger partial charge in [-0.05, 0) is 87.5 Å². The minimum atomic E-state index is 0.794. The molecule has 0 bridgehead atoms. The number of nitrogen functional groups attached to an aromatic ring is 1. The molecule has 7 aromatic rings. The molecule has 0 aliphatic rings. The van der Waals surface area contributed by atoms with Gasteiger partial charge in [-0.25, -0.2) is 0 Å². The second kappa shape index (κ2) is 16.4. The zero-order valence-corrected chi connectivity index (χ0v) is 27.7. The van der Waals surface area contributed by atoms with E-state index in [9.17, 15) is 0 Å². The molecule has 0 radical (unpaired) electrons. The SMILES string of the molecule is Cc1ccc(/C=C/c2ccc(Nc3ccc(/C=C/c4ccccc4)cc3)cc2)cc1.Nc1ccc(/C=C/c2cccc3ccccc23)cc1. The highest BCUT2D eigenvalue weighted by Gasteiger charge is 1.98. The fourth-order valence-electron chi connectivity index (χ4n) is 5.34. The molecule has 0 aliphatic carbocycles. The second-order valence-corrected chi connectivity index (χ2v) is 11.9. The molecule has 0 aliphatic heterocycles. The zero-order chi connectivity index (χ0) is 33.7. The number of fused-ring (bicyclic) bond motifs is 1. The predicted molar refractivity (Wildman–Crippen MR) is 215 cm³/mol. The van der Waals surface area contributed by atoms with Crippen LogP contribution in [0.25, 0.3) is 47.2 Å². The Morgan fingerprint density at radius 1 is 0.388 bits per heavy atom. The summed E-state index contributed by atoms with van der Waals surface area (Å²) in [6.07, 6.45) is 12.8. The first kappa shape index (κ1) is 32.6. The molecule has 2 nitrogen and oxygen atoms in total. The number of hydrogen-bond donors (Lipinski definition) is 2. The summed E-state index contributed by atoms with van der Waals surface area (Å²) in [5.41, 5.74) is 17.1. The van der Waals surface area contributed by atoms with Gasteiger partial charge in [0.05, 0.1) is 0 Å². The van der Waals surface area contributed by atoms with Crippen LogP contribution in [0.1, 0.15) is 38.9 Å². The van der Waals surface area contributed by atoms with Gasteiger partial charge in [0, 0.05) is 17.1 Å². The van der Waals surface area contributed by atoms with Crippen LogP contribution in [0.15, 0.2) is 170 Å². The van der Waals surface area contributed by atoms with E-state index in [4.69, 9.17) is 5.73 Å². The van der Waals surface area contributed by atoms with Gasteiger partial charge >= 0.3 is 0 Å². The zero-order valence-electron chi connectivity index (χ0n) is 27.7. The molecule has 0 spiro atoms. The van der Waals surface area contributed by atoms with Gasteiger partial charge in [0.25, 0.3) is 0 Å². The Labute approximate surface area is 290 Å². The molecule has 0 aromatic heterocycles. The quantitative estimate of drug-likeness (QED) is 0.129. The summed E-state index contributed by atoms with van der Waals surface area (Å²) >= 11 is 0. The van der Waals surface area contributed by atoms with Gasteiger partial charge in [0.2, 0.25) is 0 Å². The van der Waals surface area contributed by atoms with E-state index in [2.05, 4.69) is 188 Å². The lowest BCUT2D eigenvalue weighted by Crippen LogP contribution is -1.89. The summed E-state index contributed by atoms with van der Waals surface area (Å²) in [5, 5.41) is 6.00. The number of hydrogen-bond acceptors (Lipinski definition) is 2. The fraction of sp³-hybridized carbons (Fsp3) is 0.0213. The molecule has 7 rings (SSSR count). The number of anilines is 3. The molecule has 3 N–H and O–H groups in total. The van der Waals surface area contributed by atoms with Crippen molar-refractivity contribution in [3.63, 3.8) is 0 Å². The molecular formula is C47H40N2. The Bertz CT molecular complexity index is 2150. The average molecular weight is 633 g/mol. The topological polar surface area (TPSA) is 38.0 Å². The molecule has 0 fully saturated rings. The Kier molecular flexibility index (Phi) is 10.9. The Morgan fingerprint density at radius 2 is 0.816 bits per heavy atom. The van der Waals surface area contributed by atoms with Crippen molar-refractivity contribution in [2.75, 3.05) is 11.1 Å². The highest BCUT2D eigenvalue weighted by Crippen LogP contribution is 2.22. The number of rotatable bonds is 8. The molecule has 0 atom stereocenters. The van der Waals surface area contributed by atoms with Crippen LogP contribution in [-0.4, -0.2) is 0 Å². The van der Waals surface area contributed by atoms with Crippen LogP contribution in [0.2, 0.25) is 0 Å². The molecule has 238 valence electrons. The second-order valence-electron chi connectivity index (χ2n) is 11.9. The summed E-state index contributed by atoms with van der Waals surface area (Å²) in [6.45, 7) is 2.11. The minimum Gasteiger partial charge on any atom is -0.399 e. The van der Waals surface area contributed by atoms with E-state index < -0.39 is 0 Å². The Balaban J connectivity index is 0.000000188. The molecule has 0 saturated heterocycles. The van der Waals surface area contributed by atoms with Crippen LogP contribution in [0.4, 0.5) is 17.1 Å².